The van der Waals surface area contributed by atoms with Crippen molar-refractivity contribution in [3.05, 3.63) is 60.9 Å². The van der Waals surface area contributed by atoms with Gasteiger partial charge in [0.1, 0.15) is 11.5 Å². The number of aromatic amines is 1. The van der Waals surface area contributed by atoms with Crippen molar-refractivity contribution in [2.24, 2.45) is 0 Å². The van der Waals surface area contributed by atoms with Gasteiger partial charge in [0.05, 0.1) is 29.0 Å². The summed E-state index contributed by atoms with van der Waals surface area (Å²) in [7, 11) is 1.85. The van der Waals surface area contributed by atoms with Gasteiger partial charge in [0.25, 0.3) is 6.20 Å². The lowest BCUT2D eigenvalue weighted by molar-refractivity contribution is -0.904. The van der Waals surface area contributed by atoms with E-state index in [0.717, 1.165) is 21.3 Å². The first-order chi connectivity index (χ1) is 15.1. The van der Waals surface area contributed by atoms with Crippen molar-refractivity contribution in [2.45, 2.75) is 6.92 Å². The van der Waals surface area contributed by atoms with Crippen molar-refractivity contribution in [1.29, 1.82) is 0 Å². The number of nitrogens with zero attached hydrogens (tertiary/aromatic N) is 5. The Balaban J connectivity index is 1.68. The van der Waals surface area contributed by atoms with Gasteiger partial charge in [-0.1, -0.05) is 12.1 Å². The molecule has 0 saturated carbocycles. The summed E-state index contributed by atoms with van der Waals surface area (Å²) in [6.07, 6.45) is 6.03. The lowest BCUT2D eigenvalue weighted by atomic mass is 10.2. The predicted octanol–water partition coefficient (Wildman–Crippen LogP) is 3.36. The minimum atomic E-state index is 0.0549. The Kier molecular flexibility index (Phi) is 4.43. The fraction of sp³-hybridized carbons (Fsp3) is 0.0952. The number of H-pyrrole nitrogens is 1. The highest BCUT2D eigenvalue weighted by molar-refractivity contribution is 6.12. The summed E-state index contributed by atoms with van der Waals surface area (Å²) < 4.78 is 12.7. The smallest absolute Gasteiger partial charge is 0.327 e. The van der Waals surface area contributed by atoms with E-state index in [9.17, 15) is 5.21 Å². The highest BCUT2D eigenvalue weighted by Crippen LogP contribution is 2.37. The van der Waals surface area contributed by atoms with E-state index >= 15 is 0 Å². The van der Waals surface area contributed by atoms with Crippen molar-refractivity contribution in [3.63, 3.8) is 0 Å². The maximum absolute atomic E-state index is 9.63. The average molecular weight is 416 g/mol. The maximum Gasteiger partial charge on any atom is 0.327 e. The van der Waals surface area contributed by atoms with Gasteiger partial charge >= 0.3 is 6.01 Å². The van der Waals surface area contributed by atoms with Crippen LogP contribution in [0.3, 0.4) is 0 Å². The van der Waals surface area contributed by atoms with Gasteiger partial charge in [-0.3, -0.25) is 5.21 Å². The molecule has 0 fully saturated rings. The minimum absolute atomic E-state index is 0.0549. The number of rotatable bonds is 5. The van der Waals surface area contributed by atoms with Crippen LogP contribution in [-0.2, 0) is 0 Å². The zero-order valence-electron chi connectivity index (χ0n) is 16.7. The quantitative estimate of drug-likeness (QED) is 0.294. The van der Waals surface area contributed by atoms with Crippen LogP contribution < -0.4 is 19.5 Å². The first kappa shape index (κ1) is 18.6. The van der Waals surface area contributed by atoms with Crippen LogP contribution in [0.4, 0.5) is 5.69 Å². The van der Waals surface area contributed by atoms with E-state index in [1.807, 2.05) is 25.2 Å². The van der Waals surface area contributed by atoms with Crippen molar-refractivity contribution in [2.75, 3.05) is 12.4 Å². The summed E-state index contributed by atoms with van der Waals surface area (Å²) in [6.45, 7) is 1.80. The monoisotopic (exact) mass is 416 g/mol. The molecule has 0 atom stereocenters. The molecular formula is C21H18N7O3+. The minimum Gasteiger partial charge on any atom is -0.435 e. The summed E-state index contributed by atoms with van der Waals surface area (Å²) in [5, 5.41) is 14.4. The number of benzene rings is 1. The van der Waals surface area contributed by atoms with Gasteiger partial charge in [-0.15, -0.1) is 0 Å². The third kappa shape index (κ3) is 3.50. The number of aryl methyl sites for hydroxylation is 1. The second-order valence-electron chi connectivity index (χ2n) is 6.73. The Morgan fingerprint density at radius 2 is 1.87 bits per heavy atom. The fourth-order valence-electron chi connectivity index (χ4n) is 3.25. The van der Waals surface area contributed by atoms with Crippen LogP contribution in [0.15, 0.2) is 55.1 Å². The third-order valence-electron chi connectivity index (χ3n) is 4.64. The molecule has 0 aliphatic heterocycles. The molecular weight excluding hydrogens is 398 g/mol. The van der Waals surface area contributed by atoms with E-state index in [1.165, 1.54) is 12.4 Å². The second-order valence-corrected chi connectivity index (χ2v) is 6.73. The summed E-state index contributed by atoms with van der Waals surface area (Å²) in [4.78, 5) is 20.6. The molecule has 10 nitrogen and oxygen atoms in total. The second kappa shape index (κ2) is 7.41. The lowest BCUT2D eigenvalue weighted by Crippen LogP contribution is -2.28. The first-order valence-corrected chi connectivity index (χ1v) is 9.46. The summed E-state index contributed by atoms with van der Waals surface area (Å²) in [6, 6.07) is 9.23. The standard InChI is InChI=1S/C21H18N7O3/c1-12-23-9-14(10-24-12)30-20-17-15-6-3-7-16(22-2)18(15)25-19(17)26-21(27-20)31-13-5-4-8-28(29)11-13/h3-11,22,29H,1-2H3,(H,25,26,27)/q+1. The van der Waals surface area contributed by atoms with Gasteiger partial charge in [-0.05, 0) is 19.1 Å². The summed E-state index contributed by atoms with van der Waals surface area (Å²) in [5.41, 5.74) is 2.31. The van der Waals surface area contributed by atoms with Crippen LogP contribution in [-0.4, -0.2) is 37.2 Å². The Labute approximate surface area is 176 Å². The number of hydrogen-bond acceptors (Lipinski definition) is 8. The number of aromatic nitrogens is 6. The Morgan fingerprint density at radius 1 is 1.03 bits per heavy atom. The molecule has 4 aromatic heterocycles. The van der Waals surface area contributed by atoms with E-state index in [-0.39, 0.29) is 6.01 Å². The molecule has 10 heteroatoms. The van der Waals surface area contributed by atoms with Crippen molar-refractivity contribution in [3.8, 4) is 23.4 Å². The Hall–Kier alpha value is -4.47. The summed E-state index contributed by atoms with van der Waals surface area (Å²) >= 11 is 0. The van der Waals surface area contributed by atoms with Gasteiger partial charge in [0.2, 0.25) is 12.1 Å². The number of anilines is 1. The molecule has 5 rings (SSSR count). The zero-order valence-corrected chi connectivity index (χ0v) is 16.7. The fourth-order valence-corrected chi connectivity index (χ4v) is 3.25. The van der Waals surface area contributed by atoms with E-state index in [2.05, 4.69) is 30.2 Å². The zero-order chi connectivity index (χ0) is 21.4. The predicted molar refractivity (Wildman–Crippen MR) is 112 cm³/mol. The van der Waals surface area contributed by atoms with E-state index in [0.29, 0.717) is 34.2 Å². The molecule has 0 amide bonds. The molecule has 154 valence electrons. The first-order valence-electron chi connectivity index (χ1n) is 9.46. The van der Waals surface area contributed by atoms with Crippen molar-refractivity contribution < 1.29 is 19.4 Å². The topological polar surface area (TPSA) is 122 Å². The SMILES string of the molecule is CNc1cccc2c1[nH]c1nc(Oc3ccc[n+](O)c3)nc(Oc3cnc(C)nc3)c12. The van der Waals surface area contributed by atoms with E-state index < -0.39 is 0 Å². The van der Waals surface area contributed by atoms with Gasteiger partial charge in [0.15, 0.2) is 11.5 Å². The molecule has 31 heavy (non-hydrogen) atoms. The maximum atomic E-state index is 9.63. The number of pyridine rings is 1. The molecule has 0 aliphatic carbocycles. The highest BCUT2D eigenvalue weighted by Gasteiger charge is 2.19. The third-order valence-corrected chi connectivity index (χ3v) is 4.64. The number of ether oxygens (including phenoxy) is 2. The van der Waals surface area contributed by atoms with Crippen LogP contribution >= 0.6 is 0 Å². The van der Waals surface area contributed by atoms with Gasteiger partial charge in [-0.25, -0.2) is 9.97 Å². The van der Waals surface area contributed by atoms with Crippen molar-refractivity contribution >= 4 is 27.6 Å². The van der Waals surface area contributed by atoms with Crippen LogP contribution in [0.2, 0.25) is 0 Å². The van der Waals surface area contributed by atoms with Gasteiger partial charge in [-0.2, -0.15) is 9.97 Å². The molecule has 0 radical (unpaired) electrons. The van der Waals surface area contributed by atoms with Crippen molar-refractivity contribution in [1.82, 2.24) is 24.9 Å². The van der Waals surface area contributed by atoms with Gasteiger partial charge in [0, 0.05) is 23.2 Å². The molecule has 0 saturated heterocycles. The van der Waals surface area contributed by atoms with Crippen LogP contribution in [0, 0.1) is 6.92 Å². The summed E-state index contributed by atoms with van der Waals surface area (Å²) in [5.74, 6) is 1.72. The average Bonchev–Trinajstić information content (AvgIpc) is 3.14. The Morgan fingerprint density at radius 3 is 2.65 bits per heavy atom. The molecule has 0 unspecified atom stereocenters. The number of para-hydroxylation sites is 1. The molecule has 0 bridgehead atoms. The van der Waals surface area contributed by atoms with Crippen LogP contribution in [0.5, 0.6) is 23.4 Å². The number of nitrogens with one attached hydrogen (secondary N) is 2. The number of fused-ring (bicyclic) bond motifs is 3. The number of hydrogen-bond donors (Lipinski definition) is 3. The molecule has 4 heterocycles. The highest BCUT2D eigenvalue weighted by atomic mass is 16.5. The van der Waals surface area contributed by atoms with E-state index in [1.54, 1.807) is 31.5 Å². The normalized spacial score (nSPS) is 11.0. The largest absolute Gasteiger partial charge is 0.435 e. The molecule has 0 aliphatic rings. The van der Waals surface area contributed by atoms with Crippen LogP contribution in [0.25, 0.3) is 21.9 Å². The molecule has 0 spiro atoms. The van der Waals surface area contributed by atoms with Crippen LogP contribution in [0.1, 0.15) is 5.82 Å². The van der Waals surface area contributed by atoms with Gasteiger partial charge < -0.3 is 19.8 Å². The lowest BCUT2D eigenvalue weighted by Gasteiger charge is -2.08. The molecule has 5 aromatic rings. The van der Waals surface area contributed by atoms with E-state index in [4.69, 9.17) is 9.47 Å². The Bertz CT molecular complexity index is 1400. The molecule has 3 N–H and O–H groups in total. The molecule has 1 aromatic carbocycles.